The van der Waals surface area contributed by atoms with Crippen LogP contribution in [0.25, 0.3) is 0 Å². The molecule has 1 atom stereocenters. The van der Waals surface area contributed by atoms with E-state index < -0.39 is 0 Å². The van der Waals surface area contributed by atoms with Crippen LogP contribution in [0, 0.1) is 5.92 Å². The minimum atomic E-state index is 0.111. The van der Waals surface area contributed by atoms with Gasteiger partial charge >= 0.3 is 0 Å². The quantitative estimate of drug-likeness (QED) is 0.853. The Morgan fingerprint density at radius 2 is 1.94 bits per heavy atom. The molecule has 1 saturated carbocycles. The minimum absolute atomic E-state index is 0.111. The molecule has 1 fully saturated rings. The SMILES string of the molecule is COc1ccc(C(N)CC2CCC2)cc1OC. The summed E-state index contributed by atoms with van der Waals surface area (Å²) in [5.74, 6) is 2.33. The first-order valence-electron chi connectivity index (χ1n) is 6.22. The molecule has 0 bridgehead atoms. The first kappa shape index (κ1) is 12.2. The highest BCUT2D eigenvalue weighted by atomic mass is 16.5. The van der Waals surface area contributed by atoms with Crippen molar-refractivity contribution in [3.63, 3.8) is 0 Å². The molecule has 3 heteroatoms. The predicted octanol–water partition coefficient (Wildman–Crippen LogP) is 2.89. The number of hydrogen-bond acceptors (Lipinski definition) is 3. The van der Waals surface area contributed by atoms with E-state index in [1.165, 1.54) is 19.3 Å². The van der Waals surface area contributed by atoms with Crippen molar-refractivity contribution >= 4 is 0 Å². The Labute approximate surface area is 103 Å². The van der Waals surface area contributed by atoms with Crippen molar-refractivity contribution in [3.05, 3.63) is 23.8 Å². The highest BCUT2D eigenvalue weighted by Gasteiger charge is 2.21. The third-order valence-electron chi connectivity index (χ3n) is 3.65. The Bertz CT molecular complexity index is 374. The summed E-state index contributed by atoms with van der Waals surface area (Å²) in [6.45, 7) is 0. The molecule has 0 amide bonds. The first-order chi connectivity index (χ1) is 8.24. The van der Waals surface area contributed by atoms with Crippen LogP contribution in [-0.2, 0) is 0 Å². The third kappa shape index (κ3) is 2.72. The average molecular weight is 235 g/mol. The molecule has 0 heterocycles. The van der Waals surface area contributed by atoms with Crippen molar-refractivity contribution in [3.8, 4) is 11.5 Å². The topological polar surface area (TPSA) is 44.5 Å². The lowest BCUT2D eigenvalue weighted by Gasteiger charge is -2.28. The molecule has 2 N–H and O–H groups in total. The molecule has 1 aromatic carbocycles. The molecule has 1 unspecified atom stereocenters. The lowest BCUT2D eigenvalue weighted by molar-refractivity contribution is 0.277. The Hall–Kier alpha value is -1.22. The molecule has 0 saturated heterocycles. The fourth-order valence-electron chi connectivity index (χ4n) is 2.31. The Morgan fingerprint density at radius 1 is 1.24 bits per heavy atom. The van der Waals surface area contributed by atoms with E-state index in [1.807, 2.05) is 18.2 Å². The maximum atomic E-state index is 6.22. The van der Waals surface area contributed by atoms with Crippen molar-refractivity contribution < 1.29 is 9.47 Å². The number of ether oxygens (including phenoxy) is 2. The number of hydrogen-bond donors (Lipinski definition) is 1. The molecule has 1 aliphatic carbocycles. The van der Waals surface area contributed by atoms with Crippen molar-refractivity contribution in [1.82, 2.24) is 0 Å². The van der Waals surface area contributed by atoms with Crippen LogP contribution in [0.4, 0.5) is 0 Å². The molecule has 17 heavy (non-hydrogen) atoms. The number of nitrogens with two attached hydrogens (primary N) is 1. The summed E-state index contributed by atoms with van der Waals surface area (Å²) in [5.41, 5.74) is 7.36. The predicted molar refractivity (Wildman–Crippen MR) is 68.4 cm³/mol. The zero-order valence-electron chi connectivity index (χ0n) is 10.6. The highest BCUT2D eigenvalue weighted by Crippen LogP contribution is 2.36. The maximum Gasteiger partial charge on any atom is 0.161 e. The Kier molecular flexibility index (Phi) is 3.89. The summed E-state index contributed by atoms with van der Waals surface area (Å²) in [4.78, 5) is 0. The van der Waals surface area contributed by atoms with Gasteiger partial charge in [-0.3, -0.25) is 0 Å². The van der Waals surface area contributed by atoms with Gasteiger partial charge in [-0.1, -0.05) is 25.3 Å². The standard InChI is InChI=1S/C14H21NO2/c1-16-13-7-6-11(9-14(13)17-2)12(15)8-10-4-3-5-10/h6-7,9-10,12H,3-5,8,15H2,1-2H3. The second kappa shape index (κ2) is 5.41. The molecule has 0 aromatic heterocycles. The molecule has 94 valence electrons. The zero-order chi connectivity index (χ0) is 12.3. The monoisotopic (exact) mass is 235 g/mol. The normalized spacial score (nSPS) is 17.4. The van der Waals surface area contributed by atoms with Gasteiger partial charge in [0.25, 0.3) is 0 Å². The van der Waals surface area contributed by atoms with E-state index in [0.717, 1.165) is 29.4 Å². The van der Waals surface area contributed by atoms with Crippen LogP contribution in [0.2, 0.25) is 0 Å². The highest BCUT2D eigenvalue weighted by molar-refractivity contribution is 5.43. The van der Waals surface area contributed by atoms with E-state index in [2.05, 4.69) is 0 Å². The molecule has 0 aliphatic heterocycles. The lowest BCUT2D eigenvalue weighted by atomic mass is 9.80. The summed E-state index contributed by atoms with van der Waals surface area (Å²) < 4.78 is 10.5. The van der Waals surface area contributed by atoms with Gasteiger partial charge in [0.05, 0.1) is 14.2 Å². The van der Waals surface area contributed by atoms with Crippen molar-refractivity contribution in [2.45, 2.75) is 31.7 Å². The van der Waals surface area contributed by atoms with Gasteiger partial charge in [0.1, 0.15) is 0 Å². The Balaban J connectivity index is 2.08. The maximum absolute atomic E-state index is 6.22. The van der Waals surface area contributed by atoms with Gasteiger partial charge in [0, 0.05) is 6.04 Å². The molecule has 2 rings (SSSR count). The summed E-state index contributed by atoms with van der Waals surface area (Å²) >= 11 is 0. The zero-order valence-corrected chi connectivity index (χ0v) is 10.6. The van der Waals surface area contributed by atoms with E-state index in [1.54, 1.807) is 14.2 Å². The average Bonchev–Trinajstić information content (AvgIpc) is 2.32. The van der Waals surface area contributed by atoms with Crippen LogP contribution in [0.3, 0.4) is 0 Å². The Morgan fingerprint density at radius 3 is 2.47 bits per heavy atom. The third-order valence-corrected chi connectivity index (χ3v) is 3.65. The van der Waals surface area contributed by atoms with Gasteiger partial charge in [-0.25, -0.2) is 0 Å². The van der Waals surface area contributed by atoms with E-state index in [-0.39, 0.29) is 6.04 Å². The summed E-state index contributed by atoms with van der Waals surface area (Å²) in [6.07, 6.45) is 5.11. The van der Waals surface area contributed by atoms with Crippen molar-refractivity contribution in [2.24, 2.45) is 11.7 Å². The van der Waals surface area contributed by atoms with Crippen LogP contribution in [0.5, 0.6) is 11.5 Å². The van der Waals surface area contributed by atoms with E-state index in [4.69, 9.17) is 15.2 Å². The molecule has 1 aliphatic rings. The lowest BCUT2D eigenvalue weighted by Crippen LogP contribution is -2.20. The molecule has 0 spiro atoms. The number of rotatable bonds is 5. The van der Waals surface area contributed by atoms with Gasteiger partial charge in [0.2, 0.25) is 0 Å². The largest absolute Gasteiger partial charge is 0.493 e. The summed E-state index contributed by atoms with van der Waals surface area (Å²) in [6, 6.07) is 6.06. The van der Waals surface area contributed by atoms with Gasteiger partial charge in [0.15, 0.2) is 11.5 Å². The van der Waals surface area contributed by atoms with Crippen LogP contribution >= 0.6 is 0 Å². The molecule has 3 nitrogen and oxygen atoms in total. The van der Waals surface area contributed by atoms with E-state index in [0.29, 0.717) is 0 Å². The molecule has 1 aromatic rings. The number of methoxy groups -OCH3 is 2. The summed E-state index contributed by atoms with van der Waals surface area (Å²) in [5, 5.41) is 0. The van der Waals surface area contributed by atoms with Gasteiger partial charge in [-0.05, 0) is 30.0 Å². The van der Waals surface area contributed by atoms with Crippen molar-refractivity contribution in [1.29, 1.82) is 0 Å². The van der Waals surface area contributed by atoms with Crippen molar-refractivity contribution in [2.75, 3.05) is 14.2 Å². The van der Waals surface area contributed by atoms with E-state index in [9.17, 15) is 0 Å². The molecule has 0 radical (unpaired) electrons. The second-order valence-corrected chi connectivity index (χ2v) is 4.75. The van der Waals surface area contributed by atoms with Gasteiger partial charge in [-0.2, -0.15) is 0 Å². The van der Waals surface area contributed by atoms with Gasteiger partial charge < -0.3 is 15.2 Å². The minimum Gasteiger partial charge on any atom is -0.493 e. The fraction of sp³-hybridized carbons (Fsp3) is 0.571. The summed E-state index contributed by atoms with van der Waals surface area (Å²) in [7, 11) is 3.30. The van der Waals surface area contributed by atoms with Crippen LogP contribution in [-0.4, -0.2) is 14.2 Å². The molecular weight excluding hydrogens is 214 g/mol. The van der Waals surface area contributed by atoms with Crippen LogP contribution in [0.15, 0.2) is 18.2 Å². The first-order valence-corrected chi connectivity index (χ1v) is 6.22. The van der Waals surface area contributed by atoms with Crippen LogP contribution in [0.1, 0.15) is 37.3 Å². The second-order valence-electron chi connectivity index (χ2n) is 4.75. The number of benzene rings is 1. The van der Waals surface area contributed by atoms with Crippen LogP contribution < -0.4 is 15.2 Å². The molecular formula is C14H21NO2. The smallest absolute Gasteiger partial charge is 0.161 e. The van der Waals surface area contributed by atoms with E-state index >= 15 is 0 Å². The fourth-order valence-corrected chi connectivity index (χ4v) is 2.31. The van der Waals surface area contributed by atoms with Gasteiger partial charge in [-0.15, -0.1) is 0 Å².